The van der Waals surface area contributed by atoms with Gasteiger partial charge in [-0.3, -0.25) is 9.78 Å². The van der Waals surface area contributed by atoms with E-state index in [9.17, 15) is 4.79 Å². The van der Waals surface area contributed by atoms with E-state index in [4.69, 9.17) is 4.74 Å². The van der Waals surface area contributed by atoms with Crippen LogP contribution in [0.3, 0.4) is 0 Å². The van der Waals surface area contributed by atoms with Crippen molar-refractivity contribution in [3.8, 4) is 5.75 Å². The van der Waals surface area contributed by atoms with Gasteiger partial charge in [0.05, 0.1) is 12.6 Å². The fourth-order valence-corrected chi connectivity index (χ4v) is 2.95. The van der Waals surface area contributed by atoms with Crippen LogP contribution >= 0.6 is 24.8 Å². The highest BCUT2D eigenvalue weighted by Gasteiger charge is 2.19. The molecule has 25 heavy (non-hydrogen) atoms. The number of methoxy groups -OCH3 is 1. The Morgan fingerprint density at radius 3 is 2.52 bits per heavy atom. The molecule has 2 aromatic rings. The molecule has 0 radical (unpaired) electrons. The number of halogens is 2. The van der Waals surface area contributed by atoms with E-state index in [1.54, 1.807) is 13.3 Å². The second kappa shape index (κ2) is 12.0. The van der Waals surface area contributed by atoms with Crippen LogP contribution in [0.5, 0.6) is 5.75 Å². The van der Waals surface area contributed by atoms with Crippen LogP contribution in [0.1, 0.15) is 29.6 Å². The Labute approximate surface area is 159 Å². The monoisotopic (exact) mass is 392 g/mol. The zero-order chi connectivity index (χ0) is 14.7. The molecule has 0 aliphatic carbocycles. The van der Waals surface area contributed by atoms with Gasteiger partial charge in [-0.2, -0.15) is 0 Å². The molecule has 6 nitrogen and oxygen atoms in total. The smallest absolute Gasteiger partial charge is 0.163 e. The molecule has 2 heterocycles. The molecule has 1 aliphatic heterocycles. The summed E-state index contributed by atoms with van der Waals surface area (Å²) in [5, 5.41) is 4.22. The van der Waals surface area contributed by atoms with E-state index >= 15 is 0 Å². The number of benzene rings is 1. The number of ether oxygens (including phenoxy) is 1. The van der Waals surface area contributed by atoms with Crippen LogP contribution in [0, 0.1) is 5.92 Å². The van der Waals surface area contributed by atoms with Crippen LogP contribution in [0.4, 0.5) is 0 Å². The van der Waals surface area contributed by atoms with Crippen LogP contribution in [-0.2, 0) is 0 Å². The summed E-state index contributed by atoms with van der Waals surface area (Å²) in [7, 11) is 1.63. The highest BCUT2D eigenvalue weighted by atomic mass is 35.5. The Kier molecular flexibility index (Phi) is 12.4. The number of carbonyl (C=O) groups is 1. The minimum Gasteiger partial charge on any atom is -0.497 e. The van der Waals surface area contributed by atoms with E-state index in [0.717, 1.165) is 48.1 Å². The molecule has 0 atom stereocenters. The number of rotatable bonds is 4. The van der Waals surface area contributed by atoms with Crippen LogP contribution in [-0.4, -0.2) is 41.9 Å². The van der Waals surface area contributed by atoms with Crippen LogP contribution in [0.25, 0.3) is 10.9 Å². The van der Waals surface area contributed by atoms with Crippen molar-refractivity contribution in [1.82, 2.24) is 10.3 Å². The summed E-state index contributed by atoms with van der Waals surface area (Å²) in [5.74, 6) is 1.46. The minimum atomic E-state index is 0. The van der Waals surface area contributed by atoms with Crippen molar-refractivity contribution in [2.24, 2.45) is 5.92 Å². The summed E-state index contributed by atoms with van der Waals surface area (Å²) in [6, 6.07) is 7.50. The Bertz CT molecular complexity index is 664. The standard InChI is InChI=1S/C17H20N2O2.2ClH.2H2O/c1-21-13-2-3-16-15(11-13)14(6-9-19-16)17(20)10-12-4-7-18-8-5-12;;;;/h2-3,6,9,11-12,18H,4-5,7-8,10H2,1H3;2*1H;2*1H2. The summed E-state index contributed by atoms with van der Waals surface area (Å²) < 4.78 is 5.26. The zero-order valence-electron chi connectivity index (χ0n) is 14.1. The van der Waals surface area contributed by atoms with Crippen LogP contribution in [0.2, 0.25) is 0 Å². The van der Waals surface area contributed by atoms with Gasteiger partial charge in [-0.1, -0.05) is 0 Å². The maximum absolute atomic E-state index is 12.6. The first-order chi connectivity index (χ1) is 10.3. The lowest BCUT2D eigenvalue weighted by atomic mass is 9.90. The minimum absolute atomic E-state index is 0. The Hall–Kier alpha value is -1.44. The molecular formula is C17H26Cl2N2O4. The fourth-order valence-electron chi connectivity index (χ4n) is 2.95. The van der Waals surface area contributed by atoms with E-state index in [1.165, 1.54) is 0 Å². The van der Waals surface area contributed by atoms with Gasteiger partial charge >= 0.3 is 0 Å². The topological polar surface area (TPSA) is 114 Å². The van der Waals surface area contributed by atoms with E-state index in [0.29, 0.717) is 12.3 Å². The molecule has 0 amide bonds. The lowest BCUT2D eigenvalue weighted by molar-refractivity contribution is 0.0954. The molecular weight excluding hydrogens is 367 g/mol. The van der Waals surface area contributed by atoms with E-state index in [1.807, 2.05) is 24.3 Å². The molecule has 5 N–H and O–H groups in total. The van der Waals surface area contributed by atoms with Gasteiger partial charge in [0, 0.05) is 23.6 Å². The van der Waals surface area contributed by atoms with Gasteiger partial charge in [-0.25, -0.2) is 0 Å². The molecule has 142 valence electrons. The first-order valence-corrected chi connectivity index (χ1v) is 7.44. The SMILES string of the molecule is COc1ccc2nccc(C(=O)CC3CCNCC3)c2c1.Cl.Cl.O.O. The molecule has 0 saturated carbocycles. The van der Waals surface area contributed by atoms with Crippen molar-refractivity contribution < 1.29 is 20.5 Å². The predicted octanol–water partition coefficient (Wildman–Crippen LogP) is 2.01. The summed E-state index contributed by atoms with van der Waals surface area (Å²) >= 11 is 0. The third-order valence-electron chi connectivity index (χ3n) is 4.18. The predicted molar refractivity (Wildman–Crippen MR) is 105 cm³/mol. The third-order valence-corrected chi connectivity index (χ3v) is 4.18. The van der Waals surface area contributed by atoms with Gasteiger partial charge in [-0.15, -0.1) is 24.8 Å². The average Bonchev–Trinajstić information content (AvgIpc) is 2.54. The van der Waals surface area contributed by atoms with Gasteiger partial charge in [0.2, 0.25) is 0 Å². The van der Waals surface area contributed by atoms with Crippen molar-refractivity contribution in [3.63, 3.8) is 0 Å². The molecule has 1 aromatic heterocycles. The molecule has 3 rings (SSSR count). The summed E-state index contributed by atoms with van der Waals surface area (Å²) in [6.07, 6.45) is 4.50. The molecule has 0 bridgehead atoms. The fraction of sp³-hybridized carbons (Fsp3) is 0.412. The van der Waals surface area contributed by atoms with Gasteiger partial charge in [0.15, 0.2) is 5.78 Å². The first-order valence-electron chi connectivity index (χ1n) is 7.44. The van der Waals surface area contributed by atoms with E-state index < -0.39 is 0 Å². The largest absolute Gasteiger partial charge is 0.497 e. The second-order valence-corrected chi connectivity index (χ2v) is 5.56. The molecule has 0 spiro atoms. The van der Waals surface area contributed by atoms with E-state index in [-0.39, 0.29) is 41.5 Å². The Morgan fingerprint density at radius 1 is 1.20 bits per heavy atom. The highest BCUT2D eigenvalue weighted by Crippen LogP contribution is 2.25. The van der Waals surface area contributed by atoms with Crippen LogP contribution in [0.15, 0.2) is 30.5 Å². The van der Waals surface area contributed by atoms with Crippen molar-refractivity contribution in [2.45, 2.75) is 19.3 Å². The summed E-state index contributed by atoms with van der Waals surface area (Å²) in [6.45, 7) is 2.03. The lowest BCUT2D eigenvalue weighted by Gasteiger charge is -2.22. The molecule has 1 aliphatic rings. The number of Topliss-reactive ketones (excluding diaryl/α,β-unsaturated/α-hetero) is 1. The highest BCUT2D eigenvalue weighted by molar-refractivity contribution is 6.07. The Balaban J connectivity index is 0. The maximum Gasteiger partial charge on any atom is 0.163 e. The molecule has 0 unspecified atom stereocenters. The van der Waals surface area contributed by atoms with Gasteiger partial charge in [0.25, 0.3) is 0 Å². The number of fused-ring (bicyclic) bond motifs is 1. The van der Waals surface area contributed by atoms with Gasteiger partial charge < -0.3 is 21.0 Å². The number of carbonyl (C=O) groups excluding carboxylic acids is 1. The molecule has 1 fully saturated rings. The number of hydrogen-bond acceptors (Lipinski definition) is 4. The Morgan fingerprint density at radius 2 is 1.88 bits per heavy atom. The molecule has 1 aromatic carbocycles. The lowest BCUT2D eigenvalue weighted by Crippen LogP contribution is -2.28. The number of pyridine rings is 1. The average molecular weight is 393 g/mol. The molecule has 1 saturated heterocycles. The number of nitrogens with zero attached hydrogens (tertiary/aromatic N) is 1. The number of hydrogen-bond donors (Lipinski definition) is 1. The second-order valence-electron chi connectivity index (χ2n) is 5.56. The van der Waals surface area contributed by atoms with Crippen molar-refractivity contribution in [3.05, 3.63) is 36.0 Å². The van der Waals surface area contributed by atoms with Crippen molar-refractivity contribution >= 4 is 41.5 Å². The maximum atomic E-state index is 12.6. The zero-order valence-corrected chi connectivity index (χ0v) is 15.7. The number of piperidine rings is 1. The third kappa shape index (κ3) is 6.09. The van der Waals surface area contributed by atoms with Gasteiger partial charge in [-0.05, 0) is 56.1 Å². The number of ketones is 1. The number of aromatic nitrogens is 1. The van der Waals surface area contributed by atoms with E-state index in [2.05, 4.69) is 10.3 Å². The van der Waals surface area contributed by atoms with Crippen LogP contribution < -0.4 is 10.1 Å². The molecule has 8 heteroatoms. The quantitative estimate of drug-likeness (QED) is 0.800. The summed E-state index contributed by atoms with van der Waals surface area (Å²) in [4.78, 5) is 17.0. The normalized spacial score (nSPS) is 13.5. The van der Waals surface area contributed by atoms with Crippen molar-refractivity contribution in [1.29, 1.82) is 0 Å². The number of nitrogens with one attached hydrogen (secondary N) is 1. The van der Waals surface area contributed by atoms with Gasteiger partial charge in [0.1, 0.15) is 5.75 Å². The summed E-state index contributed by atoms with van der Waals surface area (Å²) in [5.41, 5.74) is 1.60. The first kappa shape index (κ1) is 25.8. The van der Waals surface area contributed by atoms with Crippen molar-refractivity contribution in [2.75, 3.05) is 20.2 Å².